The summed E-state index contributed by atoms with van der Waals surface area (Å²) < 4.78 is 37.9. The minimum Gasteiger partial charge on any atom is -0.331 e. The number of hydrogen-bond acceptors (Lipinski definition) is 2. The fourth-order valence-electron chi connectivity index (χ4n) is 1.90. The average Bonchev–Trinajstić information content (AvgIpc) is 2.53. The van der Waals surface area contributed by atoms with Crippen LogP contribution in [0.2, 0.25) is 0 Å². The Hall–Kier alpha value is -2.61. The predicted molar refractivity (Wildman–Crippen MR) is 89.1 cm³/mol. The van der Waals surface area contributed by atoms with Crippen LogP contribution in [0.1, 0.15) is 11.1 Å². The van der Waals surface area contributed by atoms with Crippen molar-refractivity contribution in [1.82, 2.24) is 10.9 Å². The molecule has 0 heterocycles. The van der Waals surface area contributed by atoms with Gasteiger partial charge in [0.25, 0.3) is 0 Å². The first-order chi connectivity index (χ1) is 11.3. The molecule has 24 heavy (non-hydrogen) atoms. The molecule has 0 saturated carbocycles. The van der Waals surface area contributed by atoms with Crippen LogP contribution >= 0.6 is 12.2 Å². The third-order valence-electron chi connectivity index (χ3n) is 2.97. The standard InChI is InChI=1S/C16H14F3N3OS/c17-16(18,19)12-6-4-5-11(9-12)10-14(23)21-22-15(24)20-13-7-2-1-3-8-13/h1-9H,10H2,(H,21,23)(H2,20,22,24). The molecule has 0 aliphatic carbocycles. The number of para-hydroxylation sites is 1. The van der Waals surface area contributed by atoms with E-state index in [4.69, 9.17) is 12.2 Å². The number of hydrazine groups is 1. The normalized spacial score (nSPS) is 10.8. The zero-order valence-corrected chi connectivity index (χ0v) is 13.2. The van der Waals surface area contributed by atoms with E-state index in [0.29, 0.717) is 0 Å². The predicted octanol–water partition coefficient (Wildman–Crippen LogP) is 3.27. The molecule has 0 bridgehead atoms. The van der Waals surface area contributed by atoms with Crippen LogP contribution in [0.4, 0.5) is 18.9 Å². The number of carbonyl (C=O) groups excluding carboxylic acids is 1. The van der Waals surface area contributed by atoms with Crippen molar-refractivity contribution in [2.45, 2.75) is 12.6 Å². The largest absolute Gasteiger partial charge is 0.416 e. The summed E-state index contributed by atoms with van der Waals surface area (Å²) in [6.07, 6.45) is -4.64. The molecule has 3 N–H and O–H groups in total. The smallest absolute Gasteiger partial charge is 0.331 e. The lowest BCUT2D eigenvalue weighted by Crippen LogP contribution is -2.44. The maximum absolute atomic E-state index is 12.6. The summed E-state index contributed by atoms with van der Waals surface area (Å²) >= 11 is 5.00. The highest BCUT2D eigenvalue weighted by molar-refractivity contribution is 7.80. The molecule has 8 heteroatoms. The highest BCUT2D eigenvalue weighted by Crippen LogP contribution is 2.29. The van der Waals surface area contributed by atoms with E-state index >= 15 is 0 Å². The first kappa shape index (κ1) is 17.7. The van der Waals surface area contributed by atoms with Gasteiger partial charge in [0, 0.05) is 5.69 Å². The second-order valence-corrected chi connectivity index (χ2v) is 5.28. The molecule has 2 rings (SSSR count). The van der Waals surface area contributed by atoms with Gasteiger partial charge >= 0.3 is 6.18 Å². The Bertz CT molecular complexity index is 720. The van der Waals surface area contributed by atoms with Gasteiger partial charge in [-0.15, -0.1) is 0 Å². The second-order valence-electron chi connectivity index (χ2n) is 4.87. The Labute approximate surface area is 142 Å². The van der Waals surface area contributed by atoms with Gasteiger partial charge in [0.2, 0.25) is 5.91 Å². The quantitative estimate of drug-likeness (QED) is 0.586. The number of benzene rings is 2. The third kappa shape index (κ3) is 5.54. The van der Waals surface area contributed by atoms with E-state index < -0.39 is 17.6 Å². The van der Waals surface area contributed by atoms with Crippen molar-refractivity contribution >= 4 is 28.9 Å². The SMILES string of the molecule is O=C(Cc1cccc(C(F)(F)F)c1)NNC(=S)Nc1ccccc1. The molecule has 2 aromatic carbocycles. The molecule has 0 saturated heterocycles. The molecule has 0 spiro atoms. The Morgan fingerprint density at radius 2 is 1.71 bits per heavy atom. The number of rotatable bonds is 3. The number of carbonyl (C=O) groups is 1. The number of nitrogens with one attached hydrogen (secondary N) is 3. The topological polar surface area (TPSA) is 53.2 Å². The van der Waals surface area contributed by atoms with Crippen LogP contribution in [0.5, 0.6) is 0 Å². The molecule has 126 valence electrons. The minimum atomic E-state index is -4.44. The molecule has 0 unspecified atom stereocenters. The van der Waals surface area contributed by atoms with Crippen LogP contribution in [0, 0.1) is 0 Å². The summed E-state index contributed by atoms with van der Waals surface area (Å²) in [4.78, 5) is 11.8. The molecule has 1 amide bonds. The maximum Gasteiger partial charge on any atom is 0.416 e. The van der Waals surface area contributed by atoms with Gasteiger partial charge in [0.15, 0.2) is 5.11 Å². The van der Waals surface area contributed by atoms with Crippen molar-refractivity contribution in [2.24, 2.45) is 0 Å². The number of alkyl halides is 3. The summed E-state index contributed by atoms with van der Waals surface area (Å²) in [5.41, 5.74) is 5.03. The van der Waals surface area contributed by atoms with E-state index in [-0.39, 0.29) is 17.1 Å². The van der Waals surface area contributed by atoms with Crippen molar-refractivity contribution in [1.29, 1.82) is 0 Å². The molecular formula is C16H14F3N3OS. The van der Waals surface area contributed by atoms with E-state index in [1.165, 1.54) is 12.1 Å². The van der Waals surface area contributed by atoms with Crippen molar-refractivity contribution in [3.05, 3.63) is 65.7 Å². The molecule has 0 aliphatic rings. The van der Waals surface area contributed by atoms with Crippen LogP contribution in [-0.4, -0.2) is 11.0 Å². The lowest BCUT2D eigenvalue weighted by Gasteiger charge is -2.12. The maximum atomic E-state index is 12.6. The van der Waals surface area contributed by atoms with Crippen molar-refractivity contribution in [3.8, 4) is 0 Å². The lowest BCUT2D eigenvalue weighted by molar-refractivity contribution is -0.137. The van der Waals surface area contributed by atoms with E-state index in [9.17, 15) is 18.0 Å². The van der Waals surface area contributed by atoms with Crippen LogP contribution in [-0.2, 0) is 17.4 Å². The monoisotopic (exact) mass is 353 g/mol. The summed E-state index contributed by atoms with van der Waals surface area (Å²) in [5, 5.41) is 3.01. The molecule has 4 nitrogen and oxygen atoms in total. The molecule has 0 fully saturated rings. The van der Waals surface area contributed by atoms with Gasteiger partial charge in [0.1, 0.15) is 0 Å². The molecule has 0 radical (unpaired) electrons. The fourth-order valence-corrected chi connectivity index (χ4v) is 2.07. The molecule has 0 atom stereocenters. The summed E-state index contributed by atoms with van der Waals surface area (Å²) in [5.74, 6) is -0.508. The Kier molecular flexibility index (Phi) is 5.75. The van der Waals surface area contributed by atoms with E-state index in [0.717, 1.165) is 17.8 Å². The van der Waals surface area contributed by atoms with Gasteiger partial charge in [-0.2, -0.15) is 13.2 Å². The van der Waals surface area contributed by atoms with Gasteiger partial charge < -0.3 is 5.32 Å². The number of halogens is 3. The van der Waals surface area contributed by atoms with Gasteiger partial charge in [-0.05, 0) is 36.0 Å². The summed E-state index contributed by atoms with van der Waals surface area (Å²) in [7, 11) is 0. The summed E-state index contributed by atoms with van der Waals surface area (Å²) in [6, 6.07) is 13.7. The highest BCUT2D eigenvalue weighted by atomic mass is 32.1. The fraction of sp³-hybridized carbons (Fsp3) is 0.125. The Morgan fingerprint density at radius 3 is 2.38 bits per heavy atom. The molecule has 0 aromatic heterocycles. The van der Waals surface area contributed by atoms with Crippen molar-refractivity contribution in [2.75, 3.05) is 5.32 Å². The minimum absolute atomic E-state index is 0.165. The number of hydrogen-bond donors (Lipinski definition) is 3. The summed E-state index contributed by atoms with van der Waals surface area (Å²) in [6.45, 7) is 0. The van der Waals surface area contributed by atoms with E-state index in [1.807, 2.05) is 18.2 Å². The van der Waals surface area contributed by atoms with Gasteiger partial charge in [-0.3, -0.25) is 15.6 Å². The Balaban J connectivity index is 1.84. The first-order valence-electron chi connectivity index (χ1n) is 6.91. The van der Waals surface area contributed by atoms with E-state index in [2.05, 4.69) is 16.2 Å². The lowest BCUT2D eigenvalue weighted by atomic mass is 10.1. The molecule has 2 aromatic rings. The zero-order chi connectivity index (χ0) is 17.6. The number of thiocarbonyl (C=S) groups is 1. The zero-order valence-electron chi connectivity index (χ0n) is 12.4. The average molecular weight is 353 g/mol. The first-order valence-corrected chi connectivity index (χ1v) is 7.32. The molecular weight excluding hydrogens is 339 g/mol. The molecule has 0 aliphatic heterocycles. The third-order valence-corrected chi connectivity index (χ3v) is 3.17. The van der Waals surface area contributed by atoms with Gasteiger partial charge in [-0.1, -0.05) is 36.4 Å². The Morgan fingerprint density at radius 1 is 1.00 bits per heavy atom. The van der Waals surface area contributed by atoms with Crippen molar-refractivity contribution in [3.63, 3.8) is 0 Å². The van der Waals surface area contributed by atoms with Crippen LogP contribution in [0.25, 0.3) is 0 Å². The van der Waals surface area contributed by atoms with E-state index in [1.54, 1.807) is 12.1 Å². The number of anilines is 1. The number of amides is 1. The van der Waals surface area contributed by atoms with Crippen LogP contribution in [0.3, 0.4) is 0 Å². The van der Waals surface area contributed by atoms with Gasteiger partial charge in [0.05, 0.1) is 12.0 Å². The second kappa shape index (κ2) is 7.78. The van der Waals surface area contributed by atoms with Crippen molar-refractivity contribution < 1.29 is 18.0 Å². The van der Waals surface area contributed by atoms with Gasteiger partial charge in [-0.25, -0.2) is 0 Å². The van der Waals surface area contributed by atoms with Crippen LogP contribution in [0.15, 0.2) is 54.6 Å². The highest BCUT2D eigenvalue weighted by Gasteiger charge is 2.30. The van der Waals surface area contributed by atoms with Crippen LogP contribution < -0.4 is 16.2 Å².